The van der Waals surface area contributed by atoms with Crippen molar-refractivity contribution in [3.8, 4) is 0 Å². The first kappa shape index (κ1) is 6.62. The van der Waals surface area contributed by atoms with Crippen LogP contribution in [0.4, 0.5) is 0 Å². The second-order valence-electron chi connectivity index (χ2n) is 2.63. The van der Waals surface area contributed by atoms with Gasteiger partial charge in [0.05, 0.1) is 6.67 Å². The molecule has 1 aliphatic rings. The lowest BCUT2D eigenvalue weighted by Gasteiger charge is -2.27. The van der Waals surface area contributed by atoms with Gasteiger partial charge in [0.1, 0.15) is 0 Å². The highest BCUT2D eigenvalue weighted by atomic mass is 15.2. The molecule has 0 bridgehead atoms. The quantitative estimate of drug-likeness (QED) is 0.558. The highest BCUT2D eigenvalue weighted by Gasteiger charge is 2.07. The van der Waals surface area contributed by atoms with Crippen LogP contribution in [0, 0.1) is 0 Å². The van der Waals surface area contributed by atoms with E-state index in [-0.39, 0.29) is 0 Å². The Morgan fingerprint density at radius 2 is 2.33 bits per heavy atom. The molecule has 1 aliphatic heterocycles. The lowest BCUT2D eigenvalue weighted by atomic mass is 10.3. The van der Waals surface area contributed by atoms with Crippen molar-refractivity contribution in [2.75, 3.05) is 13.2 Å². The molecule has 0 fully saturated rings. The summed E-state index contributed by atoms with van der Waals surface area (Å²) in [6.07, 6.45) is 4.16. The summed E-state index contributed by atoms with van der Waals surface area (Å²) in [5.74, 6) is 0. The van der Waals surface area contributed by atoms with E-state index in [0.717, 1.165) is 13.2 Å². The van der Waals surface area contributed by atoms with Crippen LogP contribution in [-0.2, 0) is 0 Å². The summed E-state index contributed by atoms with van der Waals surface area (Å²) in [6.45, 7) is 6.50. The minimum Gasteiger partial charge on any atom is -0.378 e. The molecule has 0 amide bonds. The van der Waals surface area contributed by atoms with Gasteiger partial charge in [-0.1, -0.05) is 6.08 Å². The maximum absolute atomic E-state index is 3.16. The molecule has 0 radical (unpaired) electrons. The molecule has 52 valence electrons. The molecule has 0 aromatic carbocycles. The van der Waals surface area contributed by atoms with Crippen LogP contribution in [0.2, 0.25) is 0 Å². The highest BCUT2D eigenvalue weighted by Crippen LogP contribution is 1.98. The normalized spacial score (nSPS) is 20.3. The first-order valence-corrected chi connectivity index (χ1v) is 3.43. The number of nitrogens with zero attached hydrogens (tertiary/aromatic N) is 1. The lowest BCUT2D eigenvalue weighted by molar-refractivity contribution is 0.228. The molecular weight excluding hydrogens is 112 g/mol. The number of nitrogens with one attached hydrogen (secondary N) is 1. The molecule has 1 rings (SSSR count). The minimum atomic E-state index is 0.655. The van der Waals surface area contributed by atoms with Crippen molar-refractivity contribution in [2.45, 2.75) is 19.9 Å². The van der Waals surface area contributed by atoms with Gasteiger partial charge in [0, 0.05) is 12.6 Å². The Hall–Kier alpha value is -0.500. The fourth-order valence-corrected chi connectivity index (χ4v) is 0.899. The van der Waals surface area contributed by atoms with Crippen molar-refractivity contribution in [2.24, 2.45) is 0 Å². The molecule has 0 aliphatic carbocycles. The third-order valence-electron chi connectivity index (χ3n) is 1.60. The van der Waals surface area contributed by atoms with Crippen LogP contribution >= 0.6 is 0 Å². The van der Waals surface area contributed by atoms with Crippen molar-refractivity contribution in [3.63, 3.8) is 0 Å². The third kappa shape index (κ3) is 1.72. The Kier molecular flexibility index (Phi) is 2.11. The molecule has 0 aromatic heterocycles. The molecule has 9 heavy (non-hydrogen) atoms. The van der Waals surface area contributed by atoms with Crippen LogP contribution in [-0.4, -0.2) is 24.2 Å². The Bertz CT molecular complexity index is 107. The van der Waals surface area contributed by atoms with Gasteiger partial charge in [-0.15, -0.1) is 0 Å². The van der Waals surface area contributed by atoms with Gasteiger partial charge in [-0.3, -0.25) is 4.90 Å². The highest BCUT2D eigenvalue weighted by molar-refractivity contribution is 4.88. The van der Waals surface area contributed by atoms with Gasteiger partial charge in [0.2, 0.25) is 0 Å². The number of rotatable bonds is 1. The van der Waals surface area contributed by atoms with Crippen LogP contribution in [0.5, 0.6) is 0 Å². The topological polar surface area (TPSA) is 15.3 Å². The van der Waals surface area contributed by atoms with Crippen LogP contribution in [0.25, 0.3) is 0 Å². The molecule has 2 heteroatoms. The van der Waals surface area contributed by atoms with Crippen LogP contribution in [0.1, 0.15) is 13.8 Å². The van der Waals surface area contributed by atoms with Gasteiger partial charge in [-0.2, -0.15) is 0 Å². The van der Waals surface area contributed by atoms with E-state index in [1.165, 1.54) is 0 Å². The summed E-state index contributed by atoms with van der Waals surface area (Å²) in [5, 5.41) is 3.16. The van der Waals surface area contributed by atoms with Crippen LogP contribution in [0.3, 0.4) is 0 Å². The monoisotopic (exact) mass is 126 g/mol. The predicted octanol–water partition coefficient (Wildman–Crippen LogP) is 0.771. The van der Waals surface area contributed by atoms with Gasteiger partial charge >= 0.3 is 0 Å². The van der Waals surface area contributed by atoms with Crippen molar-refractivity contribution < 1.29 is 0 Å². The molecule has 1 heterocycles. The SMILES string of the molecule is CC(C)N1CC=CNC1. The largest absolute Gasteiger partial charge is 0.378 e. The van der Waals surface area contributed by atoms with E-state index in [1.54, 1.807) is 0 Å². The summed E-state index contributed by atoms with van der Waals surface area (Å²) in [7, 11) is 0. The van der Waals surface area contributed by atoms with E-state index in [9.17, 15) is 0 Å². The smallest absolute Gasteiger partial charge is 0.0678 e. The van der Waals surface area contributed by atoms with Crippen LogP contribution in [0.15, 0.2) is 12.3 Å². The summed E-state index contributed by atoms with van der Waals surface area (Å²) in [4.78, 5) is 2.36. The molecule has 0 atom stereocenters. The van der Waals surface area contributed by atoms with Crippen LogP contribution < -0.4 is 5.32 Å². The molecule has 0 saturated heterocycles. The van der Waals surface area contributed by atoms with E-state index in [2.05, 4.69) is 30.1 Å². The summed E-state index contributed by atoms with van der Waals surface area (Å²) in [6, 6.07) is 0.655. The summed E-state index contributed by atoms with van der Waals surface area (Å²) in [5.41, 5.74) is 0. The average Bonchev–Trinajstić information content (AvgIpc) is 1.90. The molecule has 0 unspecified atom stereocenters. The Morgan fingerprint density at radius 3 is 2.67 bits per heavy atom. The van der Waals surface area contributed by atoms with E-state index >= 15 is 0 Å². The maximum atomic E-state index is 3.16. The molecular formula is C7H14N2. The van der Waals surface area contributed by atoms with Gasteiger partial charge in [0.15, 0.2) is 0 Å². The van der Waals surface area contributed by atoms with Gasteiger partial charge in [0.25, 0.3) is 0 Å². The van der Waals surface area contributed by atoms with E-state index in [0.29, 0.717) is 6.04 Å². The Balaban J connectivity index is 2.35. The van der Waals surface area contributed by atoms with Gasteiger partial charge in [-0.25, -0.2) is 0 Å². The van der Waals surface area contributed by atoms with Crippen molar-refractivity contribution in [1.29, 1.82) is 0 Å². The summed E-state index contributed by atoms with van der Waals surface area (Å²) >= 11 is 0. The number of hydrogen-bond donors (Lipinski definition) is 1. The average molecular weight is 126 g/mol. The van der Waals surface area contributed by atoms with Gasteiger partial charge < -0.3 is 5.32 Å². The first-order chi connectivity index (χ1) is 4.30. The molecule has 2 nitrogen and oxygen atoms in total. The van der Waals surface area contributed by atoms with E-state index in [4.69, 9.17) is 0 Å². The summed E-state index contributed by atoms with van der Waals surface area (Å²) < 4.78 is 0. The first-order valence-electron chi connectivity index (χ1n) is 3.43. The molecule has 0 saturated carbocycles. The fraction of sp³-hybridized carbons (Fsp3) is 0.714. The Labute approximate surface area is 56.5 Å². The number of hydrogen-bond acceptors (Lipinski definition) is 2. The zero-order valence-electron chi connectivity index (χ0n) is 6.09. The molecule has 0 aromatic rings. The molecule has 1 N–H and O–H groups in total. The van der Waals surface area contributed by atoms with E-state index < -0.39 is 0 Å². The van der Waals surface area contributed by atoms with Crippen molar-refractivity contribution in [3.05, 3.63) is 12.3 Å². The third-order valence-corrected chi connectivity index (χ3v) is 1.60. The zero-order valence-corrected chi connectivity index (χ0v) is 6.09. The Morgan fingerprint density at radius 1 is 1.56 bits per heavy atom. The minimum absolute atomic E-state index is 0.655. The standard InChI is InChI=1S/C7H14N2/c1-7(2)9-5-3-4-8-6-9/h3-4,7-8H,5-6H2,1-2H3. The zero-order chi connectivity index (χ0) is 6.69. The van der Waals surface area contributed by atoms with Crippen molar-refractivity contribution >= 4 is 0 Å². The van der Waals surface area contributed by atoms with Gasteiger partial charge in [-0.05, 0) is 20.0 Å². The van der Waals surface area contributed by atoms with Crippen molar-refractivity contribution in [1.82, 2.24) is 10.2 Å². The fourth-order valence-electron chi connectivity index (χ4n) is 0.899. The lowest BCUT2D eigenvalue weighted by Crippen LogP contribution is -2.39. The molecule has 0 spiro atoms. The second kappa shape index (κ2) is 2.87. The maximum Gasteiger partial charge on any atom is 0.0678 e. The van der Waals surface area contributed by atoms with E-state index in [1.807, 2.05) is 6.20 Å². The predicted molar refractivity (Wildman–Crippen MR) is 39.0 cm³/mol. The second-order valence-corrected chi connectivity index (χ2v) is 2.63.